The Balaban J connectivity index is 2.08. The van der Waals surface area contributed by atoms with Gasteiger partial charge in [0, 0.05) is 6.20 Å². The molecular formula is C15H14ClN5. The van der Waals surface area contributed by atoms with Crippen LogP contribution >= 0.6 is 11.6 Å². The molecule has 0 bridgehead atoms. The van der Waals surface area contributed by atoms with Crippen LogP contribution in [0.2, 0.25) is 5.02 Å². The SMILES string of the molecule is CNC(c1ncccc1Cl)c1cnnn1-c1ccccc1. The smallest absolute Gasteiger partial charge is 0.0955 e. The minimum absolute atomic E-state index is 0.186. The summed E-state index contributed by atoms with van der Waals surface area (Å²) in [6.07, 6.45) is 3.45. The van der Waals surface area contributed by atoms with Crippen molar-refractivity contribution in [3.63, 3.8) is 0 Å². The number of aromatic nitrogens is 4. The van der Waals surface area contributed by atoms with Crippen molar-refractivity contribution >= 4 is 11.6 Å². The Kier molecular flexibility index (Phi) is 3.94. The van der Waals surface area contributed by atoms with Gasteiger partial charge in [-0.3, -0.25) is 4.98 Å². The van der Waals surface area contributed by atoms with Crippen LogP contribution in [-0.4, -0.2) is 27.0 Å². The molecule has 0 spiro atoms. The first-order valence-electron chi connectivity index (χ1n) is 6.55. The highest BCUT2D eigenvalue weighted by Crippen LogP contribution is 2.26. The Bertz CT molecular complexity index is 726. The molecule has 0 aliphatic rings. The quantitative estimate of drug-likeness (QED) is 0.804. The average molecular weight is 300 g/mol. The van der Waals surface area contributed by atoms with Gasteiger partial charge in [-0.05, 0) is 31.3 Å². The van der Waals surface area contributed by atoms with Crippen LogP contribution in [0.15, 0.2) is 54.9 Å². The zero-order valence-electron chi connectivity index (χ0n) is 11.4. The largest absolute Gasteiger partial charge is 0.307 e. The van der Waals surface area contributed by atoms with Gasteiger partial charge in [0.2, 0.25) is 0 Å². The third kappa shape index (κ3) is 2.66. The zero-order chi connectivity index (χ0) is 14.7. The fourth-order valence-electron chi connectivity index (χ4n) is 2.24. The molecule has 3 aromatic rings. The predicted octanol–water partition coefficient (Wildman–Crippen LogP) is 2.62. The van der Waals surface area contributed by atoms with Gasteiger partial charge >= 0.3 is 0 Å². The lowest BCUT2D eigenvalue weighted by atomic mass is 10.1. The van der Waals surface area contributed by atoms with E-state index in [0.717, 1.165) is 17.1 Å². The molecule has 106 valence electrons. The summed E-state index contributed by atoms with van der Waals surface area (Å²) in [5.74, 6) is 0. The predicted molar refractivity (Wildman–Crippen MR) is 81.5 cm³/mol. The van der Waals surface area contributed by atoms with Crippen molar-refractivity contribution in [2.75, 3.05) is 7.05 Å². The molecule has 0 saturated heterocycles. The molecule has 6 heteroatoms. The van der Waals surface area contributed by atoms with E-state index in [2.05, 4.69) is 20.6 Å². The van der Waals surface area contributed by atoms with Gasteiger partial charge in [-0.25, -0.2) is 4.68 Å². The maximum atomic E-state index is 6.26. The van der Waals surface area contributed by atoms with Crippen molar-refractivity contribution in [1.82, 2.24) is 25.3 Å². The van der Waals surface area contributed by atoms with Crippen molar-refractivity contribution in [1.29, 1.82) is 0 Å². The van der Waals surface area contributed by atoms with E-state index in [4.69, 9.17) is 11.6 Å². The zero-order valence-corrected chi connectivity index (χ0v) is 12.2. The van der Waals surface area contributed by atoms with Crippen LogP contribution in [0, 0.1) is 0 Å². The molecule has 2 heterocycles. The van der Waals surface area contributed by atoms with E-state index in [-0.39, 0.29) is 6.04 Å². The van der Waals surface area contributed by atoms with Crippen LogP contribution in [0.3, 0.4) is 0 Å². The Labute approximate surface area is 127 Å². The maximum absolute atomic E-state index is 6.26. The Morgan fingerprint density at radius 1 is 1.14 bits per heavy atom. The van der Waals surface area contributed by atoms with Crippen LogP contribution in [0.4, 0.5) is 0 Å². The highest BCUT2D eigenvalue weighted by Gasteiger charge is 2.21. The van der Waals surface area contributed by atoms with Gasteiger partial charge in [-0.1, -0.05) is 35.0 Å². The highest BCUT2D eigenvalue weighted by molar-refractivity contribution is 6.31. The molecule has 0 aliphatic heterocycles. The van der Waals surface area contributed by atoms with E-state index in [1.807, 2.05) is 49.5 Å². The number of para-hydroxylation sites is 1. The van der Waals surface area contributed by atoms with Gasteiger partial charge in [0.05, 0.1) is 34.3 Å². The van der Waals surface area contributed by atoms with Crippen molar-refractivity contribution in [3.8, 4) is 5.69 Å². The summed E-state index contributed by atoms with van der Waals surface area (Å²) in [6, 6.07) is 13.3. The molecule has 2 aromatic heterocycles. The number of nitrogens with one attached hydrogen (secondary N) is 1. The molecule has 1 aromatic carbocycles. The fourth-order valence-corrected chi connectivity index (χ4v) is 2.48. The van der Waals surface area contributed by atoms with Crippen LogP contribution in [-0.2, 0) is 0 Å². The summed E-state index contributed by atoms with van der Waals surface area (Å²) in [7, 11) is 1.86. The molecule has 1 atom stereocenters. The number of hydrogen-bond donors (Lipinski definition) is 1. The molecular weight excluding hydrogens is 286 g/mol. The lowest BCUT2D eigenvalue weighted by Crippen LogP contribution is -2.22. The molecule has 0 radical (unpaired) electrons. The van der Waals surface area contributed by atoms with E-state index in [9.17, 15) is 0 Å². The summed E-state index contributed by atoms with van der Waals surface area (Å²) in [4.78, 5) is 4.38. The molecule has 0 amide bonds. The summed E-state index contributed by atoms with van der Waals surface area (Å²) in [6.45, 7) is 0. The summed E-state index contributed by atoms with van der Waals surface area (Å²) in [5.41, 5.74) is 2.57. The number of benzene rings is 1. The van der Waals surface area contributed by atoms with Gasteiger partial charge in [-0.15, -0.1) is 5.10 Å². The van der Waals surface area contributed by atoms with Crippen LogP contribution in [0.25, 0.3) is 5.69 Å². The normalized spacial score (nSPS) is 12.3. The van der Waals surface area contributed by atoms with Crippen LogP contribution in [0.1, 0.15) is 17.4 Å². The minimum atomic E-state index is -0.186. The maximum Gasteiger partial charge on any atom is 0.0955 e. The van der Waals surface area contributed by atoms with Gasteiger partial charge < -0.3 is 5.32 Å². The summed E-state index contributed by atoms with van der Waals surface area (Å²) >= 11 is 6.26. The topological polar surface area (TPSA) is 55.6 Å². The second-order valence-corrected chi connectivity index (χ2v) is 4.91. The lowest BCUT2D eigenvalue weighted by Gasteiger charge is -2.17. The standard InChI is InChI=1S/C15H14ClN5/c1-17-15(14-12(16)8-5-9-18-14)13-10-19-20-21(13)11-6-3-2-4-7-11/h2-10,15,17H,1H3. The van der Waals surface area contributed by atoms with Crippen LogP contribution < -0.4 is 5.32 Å². The van der Waals surface area contributed by atoms with Crippen molar-refractivity contribution in [3.05, 3.63) is 71.3 Å². The molecule has 0 aliphatic carbocycles. The molecule has 5 nitrogen and oxygen atoms in total. The summed E-state index contributed by atoms with van der Waals surface area (Å²) < 4.78 is 1.78. The van der Waals surface area contributed by atoms with Crippen molar-refractivity contribution in [2.45, 2.75) is 6.04 Å². The first kappa shape index (κ1) is 13.7. The molecule has 1 N–H and O–H groups in total. The second kappa shape index (κ2) is 6.03. The second-order valence-electron chi connectivity index (χ2n) is 4.50. The number of nitrogens with zero attached hydrogens (tertiary/aromatic N) is 4. The van der Waals surface area contributed by atoms with Crippen molar-refractivity contribution in [2.24, 2.45) is 0 Å². The number of halogens is 1. The first-order chi connectivity index (χ1) is 10.3. The Morgan fingerprint density at radius 3 is 2.67 bits per heavy atom. The Morgan fingerprint density at radius 2 is 1.95 bits per heavy atom. The summed E-state index contributed by atoms with van der Waals surface area (Å²) in [5, 5.41) is 12.0. The number of pyridine rings is 1. The molecule has 3 rings (SSSR count). The van der Waals surface area contributed by atoms with Gasteiger partial charge in [-0.2, -0.15) is 0 Å². The van der Waals surface area contributed by atoms with E-state index in [0.29, 0.717) is 5.02 Å². The van der Waals surface area contributed by atoms with E-state index < -0.39 is 0 Å². The first-order valence-corrected chi connectivity index (χ1v) is 6.92. The van der Waals surface area contributed by atoms with E-state index >= 15 is 0 Å². The third-order valence-corrected chi connectivity index (χ3v) is 3.54. The lowest BCUT2D eigenvalue weighted by molar-refractivity contribution is 0.619. The van der Waals surface area contributed by atoms with Gasteiger partial charge in [0.25, 0.3) is 0 Å². The molecule has 0 fully saturated rings. The van der Waals surface area contributed by atoms with E-state index in [1.54, 1.807) is 17.1 Å². The average Bonchev–Trinajstić information content (AvgIpc) is 3.00. The van der Waals surface area contributed by atoms with Crippen LogP contribution in [0.5, 0.6) is 0 Å². The molecule has 0 saturated carbocycles. The van der Waals surface area contributed by atoms with E-state index in [1.165, 1.54) is 0 Å². The van der Waals surface area contributed by atoms with Gasteiger partial charge in [0.15, 0.2) is 0 Å². The van der Waals surface area contributed by atoms with Gasteiger partial charge in [0.1, 0.15) is 0 Å². The number of rotatable bonds is 4. The Hall–Kier alpha value is -2.24. The molecule has 21 heavy (non-hydrogen) atoms. The monoisotopic (exact) mass is 299 g/mol. The number of hydrogen-bond acceptors (Lipinski definition) is 4. The van der Waals surface area contributed by atoms with Crippen molar-refractivity contribution < 1.29 is 0 Å². The minimum Gasteiger partial charge on any atom is -0.307 e. The fraction of sp³-hybridized carbons (Fsp3) is 0.133. The molecule has 1 unspecified atom stereocenters. The highest BCUT2D eigenvalue weighted by atomic mass is 35.5. The third-order valence-electron chi connectivity index (χ3n) is 3.22.